The van der Waals surface area contributed by atoms with Crippen LogP contribution in [0.3, 0.4) is 0 Å². The van der Waals surface area contributed by atoms with Gasteiger partial charge in [0.1, 0.15) is 0 Å². The molecule has 0 aliphatic rings. The summed E-state index contributed by atoms with van der Waals surface area (Å²) in [4.78, 5) is 12.5. The van der Waals surface area contributed by atoms with E-state index in [1.807, 2.05) is 0 Å². The molecule has 0 saturated carbocycles. The fourth-order valence-electron chi connectivity index (χ4n) is 0.883. The maximum absolute atomic E-state index is 12.3. The average molecular weight is 355 g/mol. The van der Waals surface area contributed by atoms with Crippen LogP contribution in [0.25, 0.3) is 0 Å². The third-order valence-electron chi connectivity index (χ3n) is 1.43. The normalized spacial score (nSPS) is 11.9. The van der Waals surface area contributed by atoms with E-state index in [1.54, 1.807) is 4.98 Å². The van der Waals surface area contributed by atoms with E-state index in [1.165, 1.54) is 22.6 Å². The van der Waals surface area contributed by atoms with Crippen molar-refractivity contribution >= 4 is 22.6 Å². The molecule has 1 aromatic rings. The lowest BCUT2D eigenvalue weighted by Gasteiger charge is -2.11. The first kappa shape index (κ1) is 13.2. The highest BCUT2D eigenvalue weighted by atomic mass is 127. The molecule has 9 heteroatoms. The molecule has 3 nitrogen and oxygen atoms in total. The Balaban J connectivity index is 3.25. The molecular formula is C7H3F5INO2. The van der Waals surface area contributed by atoms with Crippen molar-refractivity contribution in [2.24, 2.45) is 0 Å². The monoisotopic (exact) mass is 355 g/mol. The highest BCUT2D eigenvalue weighted by Gasteiger charge is 2.33. The lowest BCUT2D eigenvalue weighted by molar-refractivity contribution is -0.276. The van der Waals surface area contributed by atoms with Gasteiger partial charge in [-0.15, -0.1) is 13.2 Å². The average Bonchev–Trinajstić information content (AvgIpc) is 2.07. The van der Waals surface area contributed by atoms with E-state index in [4.69, 9.17) is 0 Å². The number of aromatic amines is 1. The maximum Gasteiger partial charge on any atom is 0.574 e. The second-order valence-electron chi connectivity index (χ2n) is 2.58. The predicted octanol–water partition coefficient (Wildman–Crippen LogP) is 2.82. The van der Waals surface area contributed by atoms with E-state index in [9.17, 15) is 26.7 Å². The van der Waals surface area contributed by atoms with E-state index in [0.29, 0.717) is 6.07 Å². The summed E-state index contributed by atoms with van der Waals surface area (Å²) in [6, 6.07) is 0.523. The van der Waals surface area contributed by atoms with Crippen molar-refractivity contribution in [1.29, 1.82) is 0 Å². The van der Waals surface area contributed by atoms with Gasteiger partial charge in [0.05, 0.1) is 3.57 Å². The molecule has 1 N–H and O–H groups in total. The number of ether oxygens (including phenoxy) is 1. The van der Waals surface area contributed by atoms with E-state index in [0.717, 1.165) is 0 Å². The summed E-state index contributed by atoms with van der Waals surface area (Å²) in [5.74, 6) is -1.03. The molecule has 0 bridgehead atoms. The number of rotatable bonds is 2. The zero-order valence-corrected chi connectivity index (χ0v) is 9.40. The van der Waals surface area contributed by atoms with E-state index in [2.05, 4.69) is 4.74 Å². The minimum atomic E-state index is -5.05. The number of hydrogen-bond acceptors (Lipinski definition) is 2. The van der Waals surface area contributed by atoms with Crippen molar-refractivity contribution in [3.63, 3.8) is 0 Å². The van der Waals surface area contributed by atoms with Crippen LogP contribution < -0.4 is 10.3 Å². The first-order chi connectivity index (χ1) is 7.20. The van der Waals surface area contributed by atoms with Crippen LogP contribution in [0, 0.1) is 3.57 Å². The topological polar surface area (TPSA) is 42.1 Å². The van der Waals surface area contributed by atoms with Crippen LogP contribution in [0.1, 0.15) is 12.0 Å². The second kappa shape index (κ2) is 4.55. The molecule has 1 rings (SSSR count). The Morgan fingerprint density at radius 3 is 2.38 bits per heavy atom. The summed E-state index contributed by atoms with van der Waals surface area (Å²) in [6.07, 6.45) is -8.10. The van der Waals surface area contributed by atoms with Crippen LogP contribution in [0.15, 0.2) is 10.9 Å². The Hall–Kier alpha value is -0.870. The molecule has 90 valence electrons. The number of pyridine rings is 1. The summed E-state index contributed by atoms with van der Waals surface area (Å²) < 4.78 is 63.1. The lowest BCUT2D eigenvalue weighted by Crippen LogP contribution is -2.21. The third kappa shape index (κ3) is 3.32. The lowest BCUT2D eigenvalue weighted by atomic mass is 10.3. The summed E-state index contributed by atoms with van der Waals surface area (Å²) in [5.41, 5.74) is -1.89. The molecular weight excluding hydrogens is 352 g/mol. The predicted molar refractivity (Wildman–Crippen MR) is 51.4 cm³/mol. The molecule has 0 atom stereocenters. The van der Waals surface area contributed by atoms with Crippen LogP contribution in [0.5, 0.6) is 5.88 Å². The molecule has 1 aromatic heterocycles. The Bertz CT molecular complexity index is 441. The highest BCUT2D eigenvalue weighted by Crippen LogP contribution is 2.31. The molecule has 1 heterocycles. The van der Waals surface area contributed by atoms with Crippen LogP contribution in [-0.4, -0.2) is 11.3 Å². The van der Waals surface area contributed by atoms with Crippen molar-refractivity contribution in [2.45, 2.75) is 12.8 Å². The van der Waals surface area contributed by atoms with Gasteiger partial charge in [0.2, 0.25) is 5.88 Å². The van der Waals surface area contributed by atoms with Gasteiger partial charge >= 0.3 is 6.36 Å². The van der Waals surface area contributed by atoms with Gasteiger partial charge in [0, 0.05) is 11.6 Å². The maximum atomic E-state index is 12.3. The molecule has 0 unspecified atom stereocenters. The fraction of sp³-hybridized carbons (Fsp3) is 0.286. The van der Waals surface area contributed by atoms with Crippen molar-refractivity contribution in [1.82, 2.24) is 4.98 Å². The molecule has 0 aromatic carbocycles. The van der Waals surface area contributed by atoms with Gasteiger partial charge in [-0.25, -0.2) is 8.78 Å². The highest BCUT2D eigenvalue weighted by molar-refractivity contribution is 14.1. The molecule has 0 spiro atoms. The SMILES string of the molecule is O=c1cc(C(F)F)c(I)c(OC(F)(F)F)[nH]1. The summed E-state index contributed by atoms with van der Waals surface area (Å²) >= 11 is 1.24. The number of aromatic nitrogens is 1. The second-order valence-corrected chi connectivity index (χ2v) is 3.66. The largest absolute Gasteiger partial charge is 0.574 e. The van der Waals surface area contributed by atoms with Crippen LogP contribution in [0.2, 0.25) is 0 Å². The fourth-order valence-corrected chi connectivity index (χ4v) is 1.52. The summed E-state index contributed by atoms with van der Waals surface area (Å²) in [6.45, 7) is 0. The molecule has 0 radical (unpaired) electrons. The zero-order valence-electron chi connectivity index (χ0n) is 7.24. The van der Waals surface area contributed by atoms with Crippen molar-refractivity contribution in [3.8, 4) is 5.88 Å². The first-order valence-electron chi connectivity index (χ1n) is 3.67. The third-order valence-corrected chi connectivity index (χ3v) is 2.54. The van der Waals surface area contributed by atoms with E-state index in [-0.39, 0.29) is 0 Å². The molecule has 0 saturated heterocycles. The Morgan fingerprint density at radius 2 is 1.94 bits per heavy atom. The van der Waals surface area contributed by atoms with Crippen LogP contribution >= 0.6 is 22.6 Å². The minimum Gasteiger partial charge on any atom is -0.389 e. The smallest absolute Gasteiger partial charge is 0.389 e. The van der Waals surface area contributed by atoms with Crippen LogP contribution in [0.4, 0.5) is 22.0 Å². The minimum absolute atomic E-state index is 0.482. The number of halogens is 6. The molecule has 0 aliphatic carbocycles. The Morgan fingerprint density at radius 1 is 1.38 bits per heavy atom. The number of alkyl halides is 5. The molecule has 0 fully saturated rings. The van der Waals surface area contributed by atoms with Gasteiger partial charge in [-0.1, -0.05) is 0 Å². The van der Waals surface area contributed by atoms with Gasteiger partial charge in [-0.2, -0.15) is 0 Å². The molecule has 0 aliphatic heterocycles. The number of H-pyrrole nitrogens is 1. The first-order valence-corrected chi connectivity index (χ1v) is 4.75. The van der Waals surface area contributed by atoms with Gasteiger partial charge in [0.25, 0.3) is 12.0 Å². The zero-order chi connectivity index (χ0) is 12.5. The standard InChI is InChI=1S/C7H3F5INO2/c8-5(9)2-1-3(15)14-6(4(2)13)16-7(10,11)12/h1,5H,(H,14,15). The van der Waals surface area contributed by atoms with Gasteiger partial charge in [0.15, 0.2) is 0 Å². The van der Waals surface area contributed by atoms with Crippen molar-refractivity contribution in [2.75, 3.05) is 0 Å². The quantitative estimate of drug-likeness (QED) is 0.655. The Kier molecular flexibility index (Phi) is 3.76. The number of hydrogen-bond donors (Lipinski definition) is 1. The van der Waals surface area contributed by atoms with Crippen molar-refractivity contribution < 1.29 is 26.7 Å². The number of nitrogens with one attached hydrogen (secondary N) is 1. The van der Waals surface area contributed by atoms with Gasteiger partial charge < -0.3 is 4.74 Å². The Labute approximate surface area is 98.7 Å². The van der Waals surface area contributed by atoms with E-state index < -0.39 is 33.4 Å². The molecule has 0 amide bonds. The molecule has 16 heavy (non-hydrogen) atoms. The van der Waals surface area contributed by atoms with Gasteiger partial charge in [-0.05, 0) is 22.6 Å². The summed E-state index contributed by atoms with van der Waals surface area (Å²) in [5, 5.41) is 0. The summed E-state index contributed by atoms with van der Waals surface area (Å²) in [7, 11) is 0. The van der Waals surface area contributed by atoms with Gasteiger partial charge in [-0.3, -0.25) is 9.78 Å². The van der Waals surface area contributed by atoms with Crippen LogP contribution in [-0.2, 0) is 0 Å². The van der Waals surface area contributed by atoms with Crippen molar-refractivity contribution in [3.05, 3.63) is 25.6 Å². The van der Waals surface area contributed by atoms with E-state index >= 15 is 0 Å².